The van der Waals surface area contributed by atoms with Gasteiger partial charge in [-0.3, -0.25) is 0 Å². The highest BCUT2D eigenvalue weighted by molar-refractivity contribution is 6.33. The van der Waals surface area contributed by atoms with Crippen molar-refractivity contribution in [3.8, 4) is 11.1 Å². The topological polar surface area (TPSA) is 51.5 Å². The molecule has 1 aliphatic rings. The first-order valence-electron chi connectivity index (χ1n) is 8.92. The number of nitrogens with zero attached hydrogens (tertiary/aromatic N) is 3. The first-order valence-corrected chi connectivity index (χ1v) is 9.30. The van der Waals surface area contributed by atoms with Gasteiger partial charge in [-0.2, -0.15) is 22.8 Å². The number of benzene rings is 1. The summed E-state index contributed by atoms with van der Waals surface area (Å²) in [5.74, 6) is 0.432. The molecule has 0 saturated carbocycles. The molecule has 0 radical (unpaired) electrons. The first kappa shape index (κ1) is 19.0. The fraction of sp³-hybridized carbons (Fsp3) is 0.368. The van der Waals surface area contributed by atoms with Crippen molar-refractivity contribution in [2.75, 3.05) is 18.5 Å². The summed E-state index contributed by atoms with van der Waals surface area (Å²) in [5.41, 5.74) is -0.213. The zero-order valence-electron chi connectivity index (χ0n) is 15.1. The van der Waals surface area contributed by atoms with E-state index in [2.05, 4.69) is 15.4 Å². The molecule has 1 atom stereocenters. The average molecular weight is 411 g/mol. The summed E-state index contributed by atoms with van der Waals surface area (Å²) in [6.45, 7) is 2.92. The Morgan fingerprint density at radius 3 is 2.79 bits per heavy atom. The van der Waals surface area contributed by atoms with E-state index in [4.69, 9.17) is 16.3 Å². The third kappa shape index (κ3) is 3.54. The lowest BCUT2D eigenvalue weighted by atomic mass is 10.1. The largest absolute Gasteiger partial charge is 0.435 e. The predicted molar refractivity (Wildman–Crippen MR) is 101 cm³/mol. The third-order valence-electron chi connectivity index (χ3n) is 4.66. The van der Waals surface area contributed by atoms with Crippen LogP contribution in [0.25, 0.3) is 16.8 Å². The van der Waals surface area contributed by atoms with E-state index in [0.717, 1.165) is 12.8 Å². The maximum Gasteiger partial charge on any atom is 0.435 e. The SMILES string of the molecule is Cc1cc(NC[C@@H]2CCCO2)n2nc(C(F)(F)F)c(-c3ccccc3Cl)c2n1. The van der Waals surface area contributed by atoms with Gasteiger partial charge in [0.1, 0.15) is 5.82 Å². The Balaban J connectivity index is 1.88. The molecule has 1 saturated heterocycles. The van der Waals surface area contributed by atoms with Crippen LogP contribution in [-0.4, -0.2) is 33.9 Å². The summed E-state index contributed by atoms with van der Waals surface area (Å²) in [6, 6.07) is 8.06. The highest BCUT2D eigenvalue weighted by Gasteiger charge is 2.39. The number of anilines is 1. The van der Waals surface area contributed by atoms with Gasteiger partial charge in [-0.05, 0) is 25.8 Å². The predicted octanol–water partition coefficient (Wildman–Crippen LogP) is 4.97. The Morgan fingerprint density at radius 1 is 1.32 bits per heavy atom. The number of nitrogens with one attached hydrogen (secondary N) is 1. The molecular formula is C19H18ClF3N4O. The number of ether oxygens (including phenoxy) is 1. The van der Waals surface area contributed by atoms with E-state index in [-0.39, 0.29) is 27.9 Å². The monoisotopic (exact) mass is 410 g/mol. The Morgan fingerprint density at radius 2 is 2.11 bits per heavy atom. The molecular weight excluding hydrogens is 393 g/mol. The summed E-state index contributed by atoms with van der Waals surface area (Å²) in [4.78, 5) is 4.34. The zero-order valence-corrected chi connectivity index (χ0v) is 15.8. The second-order valence-electron chi connectivity index (χ2n) is 6.74. The van der Waals surface area contributed by atoms with E-state index in [9.17, 15) is 13.2 Å². The van der Waals surface area contributed by atoms with Crippen molar-refractivity contribution < 1.29 is 17.9 Å². The summed E-state index contributed by atoms with van der Waals surface area (Å²) in [6.07, 6.45) is -2.72. The number of aromatic nitrogens is 3. The summed E-state index contributed by atoms with van der Waals surface area (Å²) in [5, 5.41) is 7.23. The van der Waals surface area contributed by atoms with Gasteiger partial charge in [0.15, 0.2) is 11.3 Å². The summed E-state index contributed by atoms with van der Waals surface area (Å²) in [7, 11) is 0. The molecule has 2 aromatic heterocycles. The van der Waals surface area contributed by atoms with Crippen LogP contribution in [0.2, 0.25) is 5.02 Å². The van der Waals surface area contributed by atoms with Crippen molar-refractivity contribution >= 4 is 23.1 Å². The van der Waals surface area contributed by atoms with Gasteiger partial charge in [-0.1, -0.05) is 29.8 Å². The molecule has 4 rings (SSSR count). The van der Waals surface area contributed by atoms with Gasteiger partial charge >= 0.3 is 6.18 Å². The highest BCUT2D eigenvalue weighted by Crippen LogP contribution is 2.41. The minimum absolute atomic E-state index is 0.0317. The molecule has 3 aromatic rings. The molecule has 1 aliphatic heterocycles. The molecule has 3 heterocycles. The van der Waals surface area contributed by atoms with Gasteiger partial charge in [0.25, 0.3) is 0 Å². The van der Waals surface area contributed by atoms with Gasteiger partial charge in [0.05, 0.1) is 11.7 Å². The van der Waals surface area contributed by atoms with Gasteiger partial charge in [-0.15, -0.1) is 0 Å². The van der Waals surface area contributed by atoms with Crippen LogP contribution in [0.5, 0.6) is 0 Å². The molecule has 5 nitrogen and oxygen atoms in total. The van der Waals surface area contributed by atoms with E-state index in [0.29, 0.717) is 24.7 Å². The zero-order chi connectivity index (χ0) is 19.9. The standard InChI is InChI=1S/C19H18ClF3N4O/c1-11-9-15(24-10-12-5-4-8-28-12)27-18(25-11)16(17(26-27)19(21,22)23)13-6-2-3-7-14(13)20/h2-3,6-7,9,12,24H,4-5,8,10H2,1H3/t12-/m0/s1. The Bertz CT molecular complexity index is 1010. The van der Waals surface area contributed by atoms with E-state index in [1.165, 1.54) is 10.6 Å². The molecule has 9 heteroatoms. The van der Waals surface area contributed by atoms with Crippen LogP contribution < -0.4 is 5.32 Å². The van der Waals surface area contributed by atoms with Gasteiger partial charge in [0, 0.05) is 35.5 Å². The van der Waals surface area contributed by atoms with Crippen LogP contribution in [0.3, 0.4) is 0 Å². The van der Waals surface area contributed by atoms with Crippen LogP contribution in [0.15, 0.2) is 30.3 Å². The maximum absolute atomic E-state index is 13.8. The quantitative estimate of drug-likeness (QED) is 0.660. The molecule has 0 aliphatic carbocycles. The lowest BCUT2D eigenvalue weighted by Gasteiger charge is -2.13. The minimum atomic E-state index is -4.65. The van der Waals surface area contributed by atoms with E-state index >= 15 is 0 Å². The normalized spacial score (nSPS) is 17.4. The molecule has 1 N–H and O–H groups in total. The molecule has 148 valence electrons. The first-order chi connectivity index (χ1) is 13.3. The molecule has 0 spiro atoms. The van der Waals surface area contributed by atoms with E-state index in [1.807, 2.05) is 0 Å². The molecule has 0 bridgehead atoms. The van der Waals surface area contributed by atoms with Crippen molar-refractivity contribution in [2.45, 2.75) is 32.0 Å². The lowest BCUT2D eigenvalue weighted by Crippen LogP contribution is -2.20. The second kappa shape index (κ2) is 7.25. The van der Waals surface area contributed by atoms with Crippen molar-refractivity contribution in [3.63, 3.8) is 0 Å². The Labute approximate surface area is 164 Å². The smallest absolute Gasteiger partial charge is 0.376 e. The third-order valence-corrected chi connectivity index (χ3v) is 4.99. The lowest BCUT2D eigenvalue weighted by molar-refractivity contribution is -0.140. The van der Waals surface area contributed by atoms with Gasteiger partial charge < -0.3 is 10.1 Å². The van der Waals surface area contributed by atoms with Crippen molar-refractivity contribution in [3.05, 3.63) is 46.7 Å². The number of hydrogen-bond donors (Lipinski definition) is 1. The maximum atomic E-state index is 13.8. The molecule has 28 heavy (non-hydrogen) atoms. The summed E-state index contributed by atoms with van der Waals surface area (Å²) < 4.78 is 48.1. The number of hydrogen-bond acceptors (Lipinski definition) is 4. The Kier molecular flexibility index (Phi) is 4.93. The van der Waals surface area contributed by atoms with Gasteiger partial charge in [-0.25, -0.2) is 4.98 Å². The number of fused-ring (bicyclic) bond motifs is 1. The molecule has 0 amide bonds. The number of rotatable bonds is 4. The molecule has 1 fully saturated rings. The minimum Gasteiger partial charge on any atom is -0.376 e. The number of halogens is 4. The van der Waals surface area contributed by atoms with Crippen molar-refractivity contribution in [2.24, 2.45) is 0 Å². The van der Waals surface area contributed by atoms with Crippen LogP contribution in [-0.2, 0) is 10.9 Å². The van der Waals surface area contributed by atoms with Crippen molar-refractivity contribution in [1.82, 2.24) is 14.6 Å². The second-order valence-corrected chi connectivity index (χ2v) is 7.14. The fourth-order valence-corrected chi connectivity index (χ4v) is 3.63. The number of aryl methyl sites for hydroxylation is 1. The molecule has 0 unspecified atom stereocenters. The molecule has 1 aromatic carbocycles. The summed E-state index contributed by atoms with van der Waals surface area (Å²) >= 11 is 6.20. The van der Waals surface area contributed by atoms with Crippen LogP contribution >= 0.6 is 11.6 Å². The van der Waals surface area contributed by atoms with Crippen LogP contribution in [0, 0.1) is 6.92 Å². The Hall–Kier alpha value is -2.32. The van der Waals surface area contributed by atoms with E-state index in [1.54, 1.807) is 31.2 Å². The van der Waals surface area contributed by atoms with Crippen LogP contribution in [0.4, 0.5) is 19.0 Å². The number of alkyl halides is 3. The van der Waals surface area contributed by atoms with Gasteiger partial charge in [0.2, 0.25) is 0 Å². The van der Waals surface area contributed by atoms with Crippen LogP contribution in [0.1, 0.15) is 24.2 Å². The van der Waals surface area contributed by atoms with Crippen molar-refractivity contribution in [1.29, 1.82) is 0 Å². The van der Waals surface area contributed by atoms with E-state index < -0.39 is 11.9 Å². The average Bonchev–Trinajstić information content (AvgIpc) is 3.27. The fourth-order valence-electron chi connectivity index (χ4n) is 3.40. The highest BCUT2D eigenvalue weighted by atomic mass is 35.5.